The second kappa shape index (κ2) is 7.59. The van der Waals surface area contributed by atoms with Crippen LogP contribution in [0.3, 0.4) is 0 Å². The number of benzene rings is 2. The minimum atomic E-state index is -4.34. The third-order valence-electron chi connectivity index (χ3n) is 3.80. The molecule has 0 saturated carbocycles. The van der Waals surface area contributed by atoms with Crippen molar-refractivity contribution in [1.82, 2.24) is 0 Å². The molecule has 0 spiro atoms. The Labute approximate surface area is 146 Å². The van der Waals surface area contributed by atoms with Crippen LogP contribution in [0.4, 0.5) is 24.5 Å². The van der Waals surface area contributed by atoms with E-state index >= 15 is 0 Å². The highest BCUT2D eigenvalue weighted by Gasteiger charge is 2.30. The van der Waals surface area contributed by atoms with Gasteiger partial charge in [-0.3, -0.25) is 5.01 Å². The quantitative estimate of drug-likeness (QED) is 0.456. The second-order valence-electron chi connectivity index (χ2n) is 5.94. The molecule has 3 nitrogen and oxygen atoms in total. The van der Waals surface area contributed by atoms with Crippen molar-refractivity contribution in [2.24, 2.45) is 5.10 Å². The van der Waals surface area contributed by atoms with E-state index in [0.29, 0.717) is 17.9 Å². The molecule has 0 atom stereocenters. The van der Waals surface area contributed by atoms with Crippen molar-refractivity contribution in [2.75, 3.05) is 17.3 Å². The third-order valence-corrected chi connectivity index (χ3v) is 3.80. The van der Waals surface area contributed by atoms with Gasteiger partial charge in [0.15, 0.2) is 0 Å². The molecule has 2 aromatic carbocycles. The van der Waals surface area contributed by atoms with Crippen molar-refractivity contribution in [2.45, 2.75) is 33.4 Å². The van der Waals surface area contributed by atoms with Gasteiger partial charge in [0.25, 0.3) is 0 Å². The molecule has 25 heavy (non-hydrogen) atoms. The first-order valence-electron chi connectivity index (χ1n) is 8.09. The summed E-state index contributed by atoms with van der Waals surface area (Å²) in [7, 11) is 0. The minimum Gasteiger partial charge on any atom is -0.398 e. The maximum atomic E-state index is 12.7. The van der Waals surface area contributed by atoms with Crippen molar-refractivity contribution in [3.05, 3.63) is 59.2 Å². The van der Waals surface area contributed by atoms with Crippen LogP contribution in [0.2, 0.25) is 0 Å². The molecule has 2 aromatic rings. The van der Waals surface area contributed by atoms with E-state index in [1.54, 1.807) is 5.01 Å². The van der Waals surface area contributed by atoms with Gasteiger partial charge in [-0.05, 0) is 56.7 Å². The molecule has 0 aliphatic heterocycles. The molecular weight excluding hydrogens is 327 g/mol. The van der Waals surface area contributed by atoms with Crippen molar-refractivity contribution >= 4 is 17.1 Å². The normalized spacial score (nSPS) is 12.3. The van der Waals surface area contributed by atoms with Gasteiger partial charge in [-0.1, -0.05) is 18.6 Å². The van der Waals surface area contributed by atoms with E-state index in [4.69, 9.17) is 5.73 Å². The summed E-state index contributed by atoms with van der Waals surface area (Å²) in [6.45, 7) is 6.39. The van der Waals surface area contributed by atoms with Crippen molar-refractivity contribution in [3.63, 3.8) is 0 Å². The van der Waals surface area contributed by atoms with Gasteiger partial charge < -0.3 is 5.73 Å². The SMILES string of the molecule is CCCN(/N=C(\C)c1cc(C)ccc1N)c1ccc(C(F)(F)F)cc1. The van der Waals surface area contributed by atoms with E-state index in [1.807, 2.05) is 39.0 Å². The summed E-state index contributed by atoms with van der Waals surface area (Å²) in [6, 6.07) is 10.7. The molecule has 0 saturated heterocycles. The number of nitrogens with two attached hydrogens (primary N) is 1. The summed E-state index contributed by atoms with van der Waals surface area (Å²) in [5, 5.41) is 6.29. The number of hydrogen-bond donors (Lipinski definition) is 1. The van der Waals surface area contributed by atoms with Crippen molar-refractivity contribution < 1.29 is 13.2 Å². The molecule has 0 amide bonds. The molecule has 134 valence electrons. The average Bonchev–Trinajstić information content (AvgIpc) is 2.56. The van der Waals surface area contributed by atoms with Gasteiger partial charge in [-0.15, -0.1) is 0 Å². The Bertz CT molecular complexity index is 749. The van der Waals surface area contributed by atoms with E-state index in [0.717, 1.165) is 35.4 Å². The Morgan fingerprint density at radius 2 is 1.76 bits per heavy atom. The summed E-state index contributed by atoms with van der Waals surface area (Å²) >= 11 is 0. The van der Waals surface area contributed by atoms with Crippen LogP contribution >= 0.6 is 0 Å². The highest BCUT2D eigenvalue weighted by atomic mass is 19.4. The number of alkyl halides is 3. The molecule has 2 rings (SSSR count). The highest BCUT2D eigenvalue weighted by Crippen LogP contribution is 2.30. The largest absolute Gasteiger partial charge is 0.416 e. The molecule has 0 radical (unpaired) electrons. The van der Waals surface area contributed by atoms with Crippen LogP contribution in [0.5, 0.6) is 0 Å². The summed E-state index contributed by atoms with van der Waals surface area (Å²) in [4.78, 5) is 0. The monoisotopic (exact) mass is 349 g/mol. The van der Waals surface area contributed by atoms with E-state index in [1.165, 1.54) is 12.1 Å². The molecule has 0 fully saturated rings. The van der Waals surface area contributed by atoms with E-state index in [9.17, 15) is 13.2 Å². The first kappa shape index (κ1) is 18.8. The fraction of sp³-hybridized carbons (Fsp3) is 0.316. The topological polar surface area (TPSA) is 41.6 Å². The average molecular weight is 349 g/mol. The number of anilines is 2. The van der Waals surface area contributed by atoms with Crippen LogP contribution in [-0.2, 0) is 6.18 Å². The second-order valence-corrected chi connectivity index (χ2v) is 5.94. The van der Waals surface area contributed by atoms with Gasteiger partial charge >= 0.3 is 6.18 Å². The van der Waals surface area contributed by atoms with Crippen LogP contribution in [0.25, 0.3) is 0 Å². The van der Waals surface area contributed by atoms with Gasteiger partial charge in [0.2, 0.25) is 0 Å². The molecule has 0 aliphatic rings. The number of nitrogen functional groups attached to an aromatic ring is 1. The standard InChI is InChI=1S/C19H22F3N3/c1-4-11-25(16-8-6-15(7-9-16)19(20,21)22)24-14(3)17-12-13(2)5-10-18(17)23/h5-10,12H,4,11,23H2,1-3H3/b24-14+. The van der Waals surface area contributed by atoms with E-state index < -0.39 is 11.7 Å². The molecule has 2 N–H and O–H groups in total. The van der Waals surface area contributed by atoms with Gasteiger partial charge in [-0.25, -0.2) is 0 Å². The molecule has 0 aromatic heterocycles. The molecular formula is C19H22F3N3. The van der Waals surface area contributed by atoms with Crippen LogP contribution in [0.15, 0.2) is 47.6 Å². The Morgan fingerprint density at radius 1 is 1.12 bits per heavy atom. The minimum absolute atomic E-state index is 0.592. The van der Waals surface area contributed by atoms with E-state index in [-0.39, 0.29) is 0 Å². The Kier molecular flexibility index (Phi) is 5.72. The molecule has 0 aliphatic carbocycles. The zero-order valence-corrected chi connectivity index (χ0v) is 14.6. The smallest absolute Gasteiger partial charge is 0.398 e. The Morgan fingerprint density at radius 3 is 2.32 bits per heavy atom. The molecule has 6 heteroatoms. The maximum absolute atomic E-state index is 12.7. The lowest BCUT2D eigenvalue weighted by molar-refractivity contribution is -0.137. The summed E-state index contributed by atoms with van der Waals surface area (Å²) in [5.74, 6) is 0. The molecule has 0 heterocycles. The first-order chi connectivity index (χ1) is 11.7. The number of rotatable bonds is 5. The zero-order chi connectivity index (χ0) is 18.6. The fourth-order valence-corrected chi connectivity index (χ4v) is 2.49. The number of halogens is 3. The van der Waals surface area contributed by atoms with Crippen molar-refractivity contribution in [1.29, 1.82) is 0 Å². The van der Waals surface area contributed by atoms with Gasteiger partial charge in [0.1, 0.15) is 0 Å². The zero-order valence-electron chi connectivity index (χ0n) is 14.6. The third kappa shape index (κ3) is 4.75. The maximum Gasteiger partial charge on any atom is 0.416 e. The summed E-state index contributed by atoms with van der Waals surface area (Å²) in [6.07, 6.45) is -3.54. The van der Waals surface area contributed by atoms with E-state index in [2.05, 4.69) is 5.10 Å². The lowest BCUT2D eigenvalue weighted by Crippen LogP contribution is -2.20. The van der Waals surface area contributed by atoms with Gasteiger partial charge in [0.05, 0.1) is 17.0 Å². The Hall–Kier alpha value is -2.50. The van der Waals surface area contributed by atoms with Crippen LogP contribution < -0.4 is 10.7 Å². The molecule has 0 unspecified atom stereocenters. The lowest BCUT2D eigenvalue weighted by Gasteiger charge is -2.21. The predicted molar refractivity (Wildman–Crippen MR) is 96.9 cm³/mol. The van der Waals surface area contributed by atoms with Crippen molar-refractivity contribution in [3.8, 4) is 0 Å². The van der Waals surface area contributed by atoms with Gasteiger partial charge in [0, 0.05) is 17.8 Å². The van der Waals surface area contributed by atoms with Crippen LogP contribution in [-0.4, -0.2) is 12.3 Å². The number of aryl methyl sites for hydroxylation is 1. The number of nitrogens with zero attached hydrogens (tertiary/aromatic N) is 2. The Balaban J connectivity index is 2.35. The number of hydrazone groups is 1. The van der Waals surface area contributed by atoms with Crippen LogP contribution in [0, 0.1) is 6.92 Å². The summed E-state index contributed by atoms with van der Waals surface area (Å²) in [5.41, 5.74) is 9.19. The fourth-order valence-electron chi connectivity index (χ4n) is 2.49. The highest BCUT2D eigenvalue weighted by molar-refractivity contribution is 6.03. The lowest BCUT2D eigenvalue weighted by atomic mass is 10.1. The molecule has 0 bridgehead atoms. The van der Waals surface area contributed by atoms with Crippen LogP contribution in [0.1, 0.15) is 37.0 Å². The first-order valence-corrected chi connectivity index (χ1v) is 8.09. The number of hydrogen-bond acceptors (Lipinski definition) is 3. The predicted octanol–water partition coefficient (Wildman–Crippen LogP) is 5.24. The van der Waals surface area contributed by atoms with Gasteiger partial charge in [-0.2, -0.15) is 18.3 Å². The summed E-state index contributed by atoms with van der Waals surface area (Å²) < 4.78 is 38.2.